The van der Waals surface area contributed by atoms with E-state index in [0.29, 0.717) is 0 Å². The van der Waals surface area contributed by atoms with E-state index in [9.17, 15) is 4.79 Å². The minimum absolute atomic E-state index is 0.0565. The Balaban J connectivity index is 2.23. The number of nitrogens with one attached hydrogen (secondary N) is 1. The van der Waals surface area contributed by atoms with Crippen molar-refractivity contribution in [1.29, 1.82) is 0 Å². The quantitative estimate of drug-likeness (QED) is 0.876. The van der Waals surface area contributed by atoms with Crippen LogP contribution in [0.1, 0.15) is 36.2 Å². The summed E-state index contributed by atoms with van der Waals surface area (Å²) >= 11 is 1.76. The number of carbonyl (C=O) groups excluding carboxylic acids is 1. The van der Waals surface area contributed by atoms with E-state index in [2.05, 4.69) is 31.3 Å². The van der Waals surface area contributed by atoms with E-state index < -0.39 is 0 Å². The molecule has 16 heavy (non-hydrogen) atoms. The van der Waals surface area contributed by atoms with Gasteiger partial charge in [0.05, 0.1) is 6.04 Å². The molecule has 1 aliphatic rings. The van der Waals surface area contributed by atoms with E-state index in [1.165, 1.54) is 9.75 Å². The van der Waals surface area contributed by atoms with Crippen LogP contribution in [-0.4, -0.2) is 23.4 Å². The molecule has 2 heterocycles. The second-order valence-corrected chi connectivity index (χ2v) is 5.59. The Bertz CT molecular complexity index is 388. The van der Waals surface area contributed by atoms with E-state index in [1.54, 1.807) is 11.3 Å². The highest BCUT2D eigenvalue weighted by molar-refractivity contribution is 7.12. The van der Waals surface area contributed by atoms with E-state index in [-0.39, 0.29) is 18.1 Å². The maximum absolute atomic E-state index is 12.0. The fraction of sp³-hybridized carbons (Fsp3) is 0.583. The first-order chi connectivity index (χ1) is 7.63. The van der Waals surface area contributed by atoms with Crippen molar-refractivity contribution in [2.24, 2.45) is 0 Å². The monoisotopic (exact) mass is 238 g/mol. The molecule has 0 aromatic carbocycles. The standard InChI is InChI=1S/C12H18N2OS/c1-4-7-14-11(13-9(3)12(14)15)10-6-5-8(2)16-10/h5-6,9,11,13H,4,7H2,1-3H3. The second-order valence-electron chi connectivity index (χ2n) is 4.27. The van der Waals surface area contributed by atoms with Gasteiger partial charge in [0.2, 0.25) is 5.91 Å². The Kier molecular flexibility index (Phi) is 3.30. The zero-order chi connectivity index (χ0) is 11.7. The molecule has 0 aliphatic carbocycles. The normalized spacial score (nSPS) is 25.4. The van der Waals surface area contributed by atoms with Gasteiger partial charge in [-0.2, -0.15) is 0 Å². The van der Waals surface area contributed by atoms with E-state index in [4.69, 9.17) is 0 Å². The van der Waals surface area contributed by atoms with Crippen molar-refractivity contribution in [2.45, 2.75) is 39.4 Å². The first-order valence-corrected chi connectivity index (χ1v) is 6.58. The Morgan fingerprint density at radius 3 is 2.81 bits per heavy atom. The molecule has 1 fully saturated rings. The summed E-state index contributed by atoms with van der Waals surface area (Å²) in [6, 6.07) is 4.17. The van der Waals surface area contributed by atoms with Crippen LogP contribution in [0.25, 0.3) is 0 Å². The van der Waals surface area contributed by atoms with Gasteiger partial charge in [-0.25, -0.2) is 0 Å². The van der Waals surface area contributed by atoms with Crippen molar-refractivity contribution in [3.63, 3.8) is 0 Å². The molecule has 2 atom stereocenters. The summed E-state index contributed by atoms with van der Waals surface area (Å²) in [6.07, 6.45) is 1.09. The zero-order valence-corrected chi connectivity index (χ0v) is 10.8. The van der Waals surface area contributed by atoms with Crippen LogP contribution in [-0.2, 0) is 4.79 Å². The van der Waals surface area contributed by atoms with Crippen LogP contribution in [0, 0.1) is 6.92 Å². The third-order valence-corrected chi connectivity index (χ3v) is 3.92. The topological polar surface area (TPSA) is 32.3 Å². The molecule has 1 amide bonds. The van der Waals surface area contributed by atoms with Gasteiger partial charge < -0.3 is 4.90 Å². The van der Waals surface area contributed by atoms with Crippen LogP contribution >= 0.6 is 11.3 Å². The molecule has 0 saturated carbocycles. The second kappa shape index (κ2) is 4.55. The predicted octanol–water partition coefficient (Wildman–Crippen LogP) is 2.29. The molecule has 3 nitrogen and oxygen atoms in total. The first kappa shape index (κ1) is 11.6. The third-order valence-electron chi connectivity index (χ3n) is 2.87. The van der Waals surface area contributed by atoms with Crippen molar-refractivity contribution >= 4 is 17.2 Å². The molecule has 1 aromatic rings. The molecule has 1 N–H and O–H groups in total. The number of hydrogen-bond acceptors (Lipinski definition) is 3. The van der Waals surface area contributed by atoms with Crippen molar-refractivity contribution in [1.82, 2.24) is 10.2 Å². The van der Waals surface area contributed by atoms with Crippen LogP contribution in [0.4, 0.5) is 0 Å². The van der Waals surface area contributed by atoms with Crippen LogP contribution in [0.2, 0.25) is 0 Å². The van der Waals surface area contributed by atoms with Gasteiger partial charge in [0.1, 0.15) is 6.17 Å². The number of thiophene rings is 1. The molecule has 1 aliphatic heterocycles. The minimum Gasteiger partial charge on any atom is -0.321 e. The van der Waals surface area contributed by atoms with Gasteiger partial charge in [0.25, 0.3) is 0 Å². The Morgan fingerprint density at radius 1 is 1.50 bits per heavy atom. The molecule has 1 aromatic heterocycles. The summed E-state index contributed by atoms with van der Waals surface area (Å²) in [5.41, 5.74) is 0. The maximum Gasteiger partial charge on any atom is 0.241 e. The summed E-state index contributed by atoms with van der Waals surface area (Å²) in [5, 5.41) is 3.35. The molecule has 0 bridgehead atoms. The van der Waals surface area contributed by atoms with Crippen molar-refractivity contribution in [2.75, 3.05) is 6.54 Å². The van der Waals surface area contributed by atoms with E-state index in [0.717, 1.165) is 13.0 Å². The number of aryl methyl sites for hydroxylation is 1. The molecule has 0 spiro atoms. The van der Waals surface area contributed by atoms with Gasteiger partial charge in [-0.05, 0) is 32.4 Å². The number of amides is 1. The molecule has 88 valence electrons. The Morgan fingerprint density at radius 2 is 2.25 bits per heavy atom. The zero-order valence-electron chi connectivity index (χ0n) is 9.99. The highest BCUT2D eigenvalue weighted by Crippen LogP contribution is 2.30. The van der Waals surface area contributed by atoms with Gasteiger partial charge in [-0.15, -0.1) is 11.3 Å². The molecule has 0 radical (unpaired) electrons. The molecule has 4 heteroatoms. The largest absolute Gasteiger partial charge is 0.321 e. The lowest BCUT2D eigenvalue weighted by Gasteiger charge is -2.22. The lowest BCUT2D eigenvalue weighted by atomic mass is 10.3. The van der Waals surface area contributed by atoms with Crippen LogP contribution in [0.5, 0.6) is 0 Å². The van der Waals surface area contributed by atoms with Crippen molar-refractivity contribution < 1.29 is 4.79 Å². The number of hydrogen-bond donors (Lipinski definition) is 1. The lowest BCUT2D eigenvalue weighted by Crippen LogP contribution is -2.30. The van der Waals surface area contributed by atoms with Crippen molar-refractivity contribution in [3.8, 4) is 0 Å². The molecular formula is C12H18N2OS. The Hall–Kier alpha value is -0.870. The van der Waals surface area contributed by atoms with Crippen LogP contribution in [0.15, 0.2) is 12.1 Å². The van der Waals surface area contributed by atoms with E-state index in [1.807, 2.05) is 11.8 Å². The smallest absolute Gasteiger partial charge is 0.241 e. The fourth-order valence-corrected chi connectivity index (χ4v) is 3.04. The van der Waals surface area contributed by atoms with Gasteiger partial charge in [0.15, 0.2) is 0 Å². The number of carbonyl (C=O) groups is 1. The summed E-state index contributed by atoms with van der Waals surface area (Å²) in [5.74, 6) is 0.220. The first-order valence-electron chi connectivity index (χ1n) is 5.76. The average Bonchev–Trinajstić information content (AvgIpc) is 2.78. The van der Waals surface area contributed by atoms with Gasteiger partial charge >= 0.3 is 0 Å². The van der Waals surface area contributed by atoms with E-state index >= 15 is 0 Å². The molecular weight excluding hydrogens is 220 g/mol. The summed E-state index contributed by atoms with van der Waals surface area (Å²) in [6.45, 7) is 6.97. The molecule has 2 rings (SSSR count). The molecule has 1 saturated heterocycles. The maximum atomic E-state index is 12.0. The average molecular weight is 238 g/mol. The van der Waals surface area contributed by atoms with Crippen molar-refractivity contribution in [3.05, 3.63) is 21.9 Å². The van der Waals surface area contributed by atoms with Gasteiger partial charge in [0, 0.05) is 16.3 Å². The predicted molar refractivity (Wildman–Crippen MR) is 66.4 cm³/mol. The SMILES string of the molecule is CCCN1C(=O)C(C)NC1c1ccc(C)s1. The Labute approximate surface area is 100 Å². The lowest BCUT2D eigenvalue weighted by molar-refractivity contribution is -0.129. The third kappa shape index (κ3) is 1.99. The number of rotatable bonds is 3. The van der Waals surface area contributed by atoms with Crippen LogP contribution < -0.4 is 5.32 Å². The highest BCUT2D eigenvalue weighted by Gasteiger charge is 2.36. The molecule has 2 unspecified atom stereocenters. The van der Waals surface area contributed by atoms with Gasteiger partial charge in [-0.3, -0.25) is 10.1 Å². The fourth-order valence-electron chi connectivity index (χ4n) is 2.09. The summed E-state index contributed by atoms with van der Waals surface area (Å²) in [4.78, 5) is 16.4. The minimum atomic E-state index is -0.0565. The summed E-state index contributed by atoms with van der Waals surface area (Å²) < 4.78 is 0. The van der Waals surface area contributed by atoms with Crippen LogP contribution in [0.3, 0.4) is 0 Å². The highest BCUT2D eigenvalue weighted by atomic mass is 32.1. The summed E-state index contributed by atoms with van der Waals surface area (Å²) in [7, 11) is 0. The number of nitrogens with zero attached hydrogens (tertiary/aromatic N) is 1. The van der Waals surface area contributed by atoms with Gasteiger partial charge in [-0.1, -0.05) is 6.92 Å².